The van der Waals surface area contributed by atoms with Crippen molar-refractivity contribution in [2.45, 2.75) is 0 Å². The molecule has 0 aliphatic rings. The number of hydrogen-bond acceptors (Lipinski definition) is 4. The van der Waals surface area contributed by atoms with Crippen molar-refractivity contribution in [3.63, 3.8) is 0 Å². The number of carbonyl (C=O) groups excluding carboxylic acids is 1. The topological polar surface area (TPSA) is 59.9 Å². The number of carbonyl (C=O) groups is 1. The smallest absolute Gasteiger partial charge is 0.358 e. The van der Waals surface area contributed by atoms with Crippen molar-refractivity contribution in [2.75, 3.05) is 12.5 Å². The molecular formula is C8H12N2O2S. The van der Waals surface area contributed by atoms with Crippen LogP contribution in [0.25, 0.3) is 0 Å². The summed E-state index contributed by atoms with van der Waals surface area (Å²) in [7, 11) is -2.45. The summed E-state index contributed by atoms with van der Waals surface area (Å²) in [5.74, 6) is 0. The van der Waals surface area contributed by atoms with E-state index in [9.17, 15) is 9.00 Å². The van der Waals surface area contributed by atoms with Crippen LogP contribution in [0.15, 0.2) is 18.3 Å². The van der Waals surface area contributed by atoms with Gasteiger partial charge in [0.25, 0.3) is 0 Å². The maximum absolute atomic E-state index is 11.3. The largest absolute Gasteiger partial charge is 0.384 e. The van der Waals surface area contributed by atoms with Crippen molar-refractivity contribution in [3.05, 3.63) is 31.5 Å². The monoisotopic (exact) mass is 200 g/mol. The van der Waals surface area contributed by atoms with Gasteiger partial charge >= 0.3 is 5.12 Å². The van der Waals surface area contributed by atoms with Crippen molar-refractivity contribution >= 4 is 15.0 Å². The summed E-state index contributed by atoms with van der Waals surface area (Å²) < 4.78 is 11.3. The second-order valence-corrected chi connectivity index (χ2v) is 5.47. The van der Waals surface area contributed by atoms with Gasteiger partial charge in [0.1, 0.15) is 12.5 Å². The molecule has 0 aromatic carbocycles. The molecule has 1 aromatic rings. The van der Waals surface area contributed by atoms with Gasteiger partial charge < -0.3 is 7.43 Å². The number of aromatic nitrogens is 2. The van der Waals surface area contributed by atoms with E-state index in [0.29, 0.717) is 0 Å². The van der Waals surface area contributed by atoms with Crippen LogP contribution in [-0.2, 0) is 14.1 Å². The summed E-state index contributed by atoms with van der Waals surface area (Å²) in [6.45, 7) is 0. The zero-order valence-electron chi connectivity index (χ0n) is 7.85. The zero-order valence-corrected chi connectivity index (χ0v) is 8.67. The third-order valence-electron chi connectivity index (χ3n) is 1.23. The van der Waals surface area contributed by atoms with E-state index in [1.54, 1.807) is 6.07 Å². The Kier molecular flexibility index (Phi) is 3.87. The molecule has 0 atom stereocenters. The molecule has 0 N–H and O–H groups in total. The molecule has 0 spiro atoms. The SMILES string of the molecule is C[S+](C)(=O)C(=O)c1cccnn1.[CH3-]. The average molecular weight is 200 g/mol. The first-order valence-electron chi connectivity index (χ1n) is 3.28. The molecule has 0 radical (unpaired) electrons. The molecule has 0 bridgehead atoms. The summed E-state index contributed by atoms with van der Waals surface area (Å²) in [5.41, 5.74) is 0.160. The molecule has 0 amide bonds. The molecule has 0 unspecified atom stereocenters. The van der Waals surface area contributed by atoms with Crippen LogP contribution in [0.3, 0.4) is 0 Å². The van der Waals surface area contributed by atoms with Crippen molar-refractivity contribution in [3.8, 4) is 0 Å². The van der Waals surface area contributed by atoms with Gasteiger partial charge in [-0.05, 0) is 12.1 Å². The molecule has 1 rings (SSSR count). The minimum atomic E-state index is -2.45. The van der Waals surface area contributed by atoms with Crippen LogP contribution in [0.5, 0.6) is 0 Å². The first-order valence-corrected chi connectivity index (χ1v) is 5.65. The average Bonchev–Trinajstić information content (AvgIpc) is 2.03. The highest BCUT2D eigenvalue weighted by molar-refractivity contribution is 8.15. The van der Waals surface area contributed by atoms with E-state index >= 15 is 0 Å². The van der Waals surface area contributed by atoms with E-state index in [4.69, 9.17) is 0 Å². The second-order valence-electron chi connectivity index (χ2n) is 2.63. The predicted molar refractivity (Wildman–Crippen MR) is 52.7 cm³/mol. The van der Waals surface area contributed by atoms with Crippen LogP contribution in [0, 0.1) is 7.43 Å². The Morgan fingerprint density at radius 2 is 2.08 bits per heavy atom. The molecule has 4 nitrogen and oxygen atoms in total. The maximum Gasteiger partial charge on any atom is 0.384 e. The summed E-state index contributed by atoms with van der Waals surface area (Å²) >= 11 is 0. The first-order chi connectivity index (χ1) is 5.52. The predicted octanol–water partition coefficient (Wildman–Crippen LogP) is 0.826. The van der Waals surface area contributed by atoms with E-state index in [0.717, 1.165) is 0 Å². The van der Waals surface area contributed by atoms with Gasteiger partial charge in [0.15, 0.2) is 15.6 Å². The lowest BCUT2D eigenvalue weighted by Crippen LogP contribution is -2.20. The highest BCUT2D eigenvalue weighted by Gasteiger charge is 2.29. The first kappa shape index (κ1) is 11.9. The fourth-order valence-corrected chi connectivity index (χ4v) is 1.27. The molecule has 0 fully saturated rings. The van der Waals surface area contributed by atoms with Gasteiger partial charge in [0, 0.05) is 6.20 Å². The summed E-state index contributed by atoms with van der Waals surface area (Å²) in [4.78, 5) is 11.3. The molecule has 0 aliphatic carbocycles. The van der Waals surface area contributed by atoms with Crippen molar-refractivity contribution in [1.82, 2.24) is 10.2 Å². The quantitative estimate of drug-likeness (QED) is 0.497. The summed E-state index contributed by atoms with van der Waals surface area (Å²) in [5, 5.41) is 6.64. The van der Waals surface area contributed by atoms with E-state index in [2.05, 4.69) is 10.2 Å². The van der Waals surface area contributed by atoms with Gasteiger partial charge in [-0.1, -0.05) is 4.21 Å². The fourth-order valence-electron chi connectivity index (χ4n) is 0.662. The normalized spacial score (nSPS) is 10.3. The van der Waals surface area contributed by atoms with Gasteiger partial charge in [0.05, 0.1) is 0 Å². The Hall–Kier alpha value is -1.10. The third-order valence-corrected chi connectivity index (χ3v) is 2.33. The molecule has 72 valence electrons. The lowest BCUT2D eigenvalue weighted by atomic mass is 10.4. The summed E-state index contributed by atoms with van der Waals surface area (Å²) in [6.07, 6.45) is 4.25. The number of hydrogen-bond donors (Lipinski definition) is 0. The lowest BCUT2D eigenvalue weighted by Gasteiger charge is -1.95. The van der Waals surface area contributed by atoms with Crippen LogP contribution in [0.2, 0.25) is 0 Å². The van der Waals surface area contributed by atoms with Gasteiger partial charge in [-0.15, -0.1) is 5.10 Å². The van der Waals surface area contributed by atoms with E-state index in [1.807, 2.05) is 0 Å². The molecule has 1 aromatic heterocycles. The standard InChI is InChI=1S/C7H9N2O2S.CH3/c1-12(2,11)7(10)6-4-3-5-8-9-6;/h3-5H,1-2H3;1H3/q+1;-1. The number of rotatable bonds is 1. The highest BCUT2D eigenvalue weighted by atomic mass is 32.2. The number of nitrogens with zero attached hydrogens (tertiary/aromatic N) is 2. The van der Waals surface area contributed by atoms with E-state index in [-0.39, 0.29) is 13.1 Å². The maximum atomic E-state index is 11.3. The molecule has 0 saturated carbocycles. The zero-order chi connectivity index (χ0) is 9.19. The molecule has 5 heteroatoms. The lowest BCUT2D eigenvalue weighted by molar-refractivity contribution is 0.107. The Balaban J connectivity index is 0.00000144. The van der Waals surface area contributed by atoms with Crippen LogP contribution >= 0.6 is 0 Å². The minimum Gasteiger partial charge on any atom is -0.358 e. The van der Waals surface area contributed by atoms with Gasteiger partial charge in [-0.25, -0.2) is 4.79 Å². The molecule has 13 heavy (non-hydrogen) atoms. The molecular weight excluding hydrogens is 188 g/mol. The summed E-state index contributed by atoms with van der Waals surface area (Å²) in [6, 6.07) is 3.09. The van der Waals surface area contributed by atoms with Crippen LogP contribution in [0.1, 0.15) is 10.5 Å². The Morgan fingerprint density at radius 3 is 2.46 bits per heavy atom. The van der Waals surface area contributed by atoms with Crippen LogP contribution in [0.4, 0.5) is 0 Å². The molecule has 1 heterocycles. The van der Waals surface area contributed by atoms with Crippen molar-refractivity contribution < 1.29 is 9.00 Å². The van der Waals surface area contributed by atoms with Crippen LogP contribution < -0.4 is 0 Å². The fraction of sp³-hybridized carbons (Fsp3) is 0.250. The second kappa shape index (κ2) is 4.23. The van der Waals surface area contributed by atoms with Crippen LogP contribution in [-0.4, -0.2) is 27.8 Å². The van der Waals surface area contributed by atoms with Crippen molar-refractivity contribution in [1.29, 1.82) is 0 Å². The minimum absolute atomic E-state index is 0. The van der Waals surface area contributed by atoms with E-state index in [1.165, 1.54) is 24.8 Å². The Morgan fingerprint density at radius 1 is 1.46 bits per heavy atom. The Bertz CT molecular complexity index is 331. The van der Waals surface area contributed by atoms with Gasteiger partial charge in [0.2, 0.25) is 0 Å². The highest BCUT2D eigenvalue weighted by Crippen LogP contribution is 2.04. The van der Waals surface area contributed by atoms with E-state index < -0.39 is 15.0 Å². The third kappa shape index (κ3) is 3.02. The van der Waals surface area contributed by atoms with Gasteiger partial charge in [-0.2, -0.15) is 5.10 Å². The molecule has 0 aliphatic heterocycles. The van der Waals surface area contributed by atoms with Crippen molar-refractivity contribution in [2.24, 2.45) is 0 Å². The Labute approximate surface area is 78.8 Å². The molecule has 0 saturated heterocycles. The van der Waals surface area contributed by atoms with Gasteiger partial charge in [-0.3, -0.25) is 0 Å².